The van der Waals surface area contributed by atoms with Crippen LogP contribution in [0.4, 0.5) is 0 Å². The number of hydrogen-bond donors (Lipinski definition) is 1. The molecule has 1 aromatic heterocycles. The van der Waals surface area contributed by atoms with Crippen LogP contribution < -0.4 is 0 Å². The highest BCUT2D eigenvalue weighted by atomic mass is 32.1. The average Bonchev–Trinajstić information content (AvgIpc) is 2.95. The van der Waals surface area contributed by atoms with E-state index in [0.717, 1.165) is 43.2 Å². The van der Waals surface area contributed by atoms with E-state index in [2.05, 4.69) is 35.8 Å². The number of ether oxygens (including phenoxy) is 1. The molecule has 0 aliphatic carbocycles. The number of aromatic nitrogens is 1. The highest BCUT2D eigenvalue weighted by Gasteiger charge is 2.30. The van der Waals surface area contributed by atoms with Crippen LogP contribution in [0.2, 0.25) is 0 Å². The Bertz CT molecular complexity index is 502. The summed E-state index contributed by atoms with van der Waals surface area (Å²) in [6.07, 6.45) is 0.640. The first-order valence-electron chi connectivity index (χ1n) is 7.74. The summed E-state index contributed by atoms with van der Waals surface area (Å²) >= 11 is 1.71. The number of piperidine rings is 1. The molecule has 1 aliphatic heterocycles. The third-order valence-corrected chi connectivity index (χ3v) is 5.03. The van der Waals surface area contributed by atoms with Crippen LogP contribution in [0, 0.1) is 5.92 Å². The van der Waals surface area contributed by atoms with Gasteiger partial charge in [-0.3, -0.25) is 4.90 Å². The summed E-state index contributed by atoms with van der Waals surface area (Å²) in [7, 11) is 1.32. The van der Waals surface area contributed by atoms with Crippen molar-refractivity contribution in [2.75, 3.05) is 20.2 Å². The Hall–Kier alpha value is -0.980. The fourth-order valence-corrected chi connectivity index (χ4v) is 3.72. The molecule has 1 saturated heterocycles. The maximum atomic E-state index is 11.4. The minimum absolute atomic E-state index is 0.00475. The number of aliphatic hydroxyl groups is 1. The van der Waals surface area contributed by atoms with Crippen LogP contribution in [0.25, 0.3) is 0 Å². The number of thiazole rings is 1. The maximum Gasteiger partial charge on any atom is 0.334 e. The summed E-state index contributed by atoms with van der Waals surface area (Å²) in [5.41, 5.74) is 1.23. The average molecular weight is 326 g/mol. The summed E-state index contributed by atoms with van der Waals surface area (Å²) in [4.78, 5) is 18.4. The number of nitrogens with zero attached hydrogens (tertiary/aromatic N) is 2. The fourth-order valence-electron chi connectivity index (χ4n) is 2.66. The molecule has 1 aromatic rings. The van der Waals surface area contributed by atoms with Crippen LogP contribution in [-0.4, -0.2) is 47.3 Å². The number of hydrogen-bond acceptors (Lipinski definition) is 6. The van der Waals surface area contributed by atoms with E-state index in [9.17, 15) is 9.90 Å². The molecule has 1 aliphatic rings. The SMILES string of the molecule is COC(=O)[C@H](O)C1CCN(Cc2nc(C(C)(C)C)cs2)CC1. The summed E-state index contributed by atoms with van der Waals surface area (Å²) < 4.78 is 4.61. The Morgan fingerprint density at radius 1 is 1.50 bits per heavy atom. The predicted molar refractivity (Wildman–Crippen MR) is 86.8 cm³/mol. The topological polar surface area (TPSA) is 62.7 Å². The zero-order valence-electron chi connectivity index (χ0n) is 13.8. The van der Waals surface area contributed by atoms with Crippen molar-refractivity contribution in [3.8, 4) is 0 Å². The number of carbonyl (C=O) groups excluding carboxylic acids is 1. The monoisotopic (exact) mass is 326 g/mol. The first-order chi connectivity index (χ1) is 10.3. The van der Waals surface area contributed by atoms with Gasteiger partial charge in [0, 0.05) is 10.8 Å². The second kappa shape index (κ2) is 7.06. The zero-order chi connectivity index (χ0) is 16.3. The van der Waals surface area contributed by atoms with Gasteiger partial charge in [0.15, 0.2) is 6.10 Å². The molecule has 6 heteroatoms. The standard InChI is InChI=1S/C16H26N2O3S/c1-16(2,3)12-10-22-13(17-12)9-18-7-5-11(6-8-18)14(19)15(20)21-4/h10-11,14,19H,5-9H2,1-4H3/t14-/m1/s1. The van der Waals surface area contributed by atoms with Gasteiger partial charge in [-0.25, -0.2) is 9.78 Å². The number of rotatable bonds is 4. The van der Waals surface area contributed by atoms with Crippen LogP contribution in [0.15, 0.2) is 5.38 Å². The van der Waals surface area contributed by atoms with Crippen molar-refractivity contribution in [2.45, 2.75) is 51.7 Å². The first-order valence-corrected chi connectivity index (χ1v) is 8.62. The van der Waals surface area contributed by atoms with Crippen molar-refractivity contribution < 1.29 is 14.6 Å². The maximum absolute atomic E-state index is 11.4. The third-order valence-electron chi connectivity index (χ3n) is 4.20. The fraction of sp³-hybridized carbons (Fsp3) is 0.750. The van der Waals surface area contributed by atoms with Gasteiger partial charge in [0.25, 0.3) is 0 Å². The number of likely N-dealkylation sites (tertiary alicyclic amines) is 1. The number of esters is 1. The van der Waals surface area contributed by atoms with Gasteiger partial charge >= 0.3 is 5.97 Å². The Morgan fingerprint density at radius 3 is 2.64 bits per heavy atom. The number of methoxy groups -OCH3 is 1. The molecule has 0 amide bonds. The molecule has 0 spiro atoms. The molecular formula is C16H26N2O3S. The van der Waals surface area contributed by atoms with E-state index in [1.54, 1.807) is 11.3 Å². The highest BCUT2D eigenvalue weighted by molar-refractivity contribution is 7.09. The molecular weight excluding hydrogens is 300 g/mol. The van der Waals surface area contributed by atoms with Crippen molar-refractivity contribution in [3.63, 3.8) is 0 Å². The van der Waals surface area contributed by atoms with Crippen molar-refractivity contribution in [3.05, 3.63) is 16.1 Å². The van der Waals surface area contributed by atoms with Crippen molar-refractivity contribution in [1.29, 1.82) is 0 Å². The Balaban J connectivity index is 1.85. The van der Waals surface area contributed by atoms with Gasteiger partial charge < -0.3 is 9.84 Å². The van der Waals surface area contributed by atoms with Crippen LogP contribution >= 0.6 is 11.3 Å². The minimum Gasteiger partial charge on any atom is -0.467 e. The lowest BCUT2D eigenvalue weighted by Gasteiger charge is -2.32. The van der Waals surface area contributed by atoms with Gasteiger partial charge in [-0.1, -0.05) is 20.8 Å². The van der Waals surface area contributed by atoms with Gasteiger partial charge in [-0.2, -0.15) is 0 Å². The lowest BCUT2D eigenvalue weighted by Crippen LogP contribution is -2.40. The lowest BCUT2D eigenvalue weighted by atomic mass is 9.91. The lowest BCUT2D eigenvalue weighted by molar-refractivity contribution is -0.154. The van der Waals surface area contributed by atoms with Crippen LogP contribution in [-0.2, 0) is 21.5 Å². The van der Waals surface area contributed by atoms with Gasteiger partial charge in [0.2, 0.25) is 0 Å². The second-order valence-electron chi connectivity index (χ2n) is 6.96. The zero-order valence-corrected chi connectivity index (χ0v) is 14.7. The molecule has 1 fully saturated rings. The predicted octanol–water partition coefficient (Wildman–Crippen LogP) is 2.19. The van der Waals surface area contributed by atoms with Crippen molar-refractivity contribution >= 4 is 17.3 Å². The summed E-state index contributed by atoms with van der Waals surface area (Å²) in [6.45, 7) is 9.12. The van der Waals surface area contributed by atoms with E-state index in [1.165, 1.54) is 7.11 Å². The van der Waals surface area contributed by atoms with E-state index in [-0.39, 0.29) is 11.3 Å². The quantitative estimate of drug-likeness (QED) is 0.859. The van der Waals surface area contributed by atoms with E-state index in [1.807, 2.05) is 0 Å². The number of aliphatic hydroxyl groups excluding tert-OH is 1. The normalized spacial score (nSPS) is 19.1. The molecule has 0 radical (unpaired) electrons. The Kier molecular flexibility index (Phi) is 5.58. The van der Waals surface area contributed by atoms with Crippen molar-refractivity contribution in [1.82, 2.24) is 9.88 Å². The molecule has 0 unspecified atom stereocenters. The van der Waals surface area contributed by atoms with Gasteiger partial charge in [0.1, 0.15) is 5.01 Å². The summed E-state index contributed by atoms with van der Waals surface area (Å²) in [5.74, 6) is -0.515. The Labute approximate surface area is 136 Å². The van der Waals surface area contributed by atoms with E-state index < -0.39 is 12.1 Å². The minimum atomic E-state index is -0.987. The molecule has 22 heavy (non-hydrogen) atoms. The summed E-state index contributed by atoms with van der Waals surface area (Å²) in [6, 6.07) is 0. The highest BCUT2D eigenvalue weighted by Crippen LogP contribution is 2.26. The third kappa shape index (κ3) is 4.27. The van der Waals surface area contributed by atoms with E-state index in [4.69, 9.17) is 4.98 Å². The van der Waals surface area contributed by atoms with E-state index >= 15 is 0 Å². The largest absolute Gasteiger partial charge is 0.467 e. The molecule has 0 bridgehead atoms. The molecule has 124 valence electrons. The summed E-state index contributed by atoms with van der Waals surface area (Å²) in [5, 5.41) is 13.2. The van der Waals surface area contributed by atoms with Gasteiger partial charge in [-0.05, 0) is 31.8 Å². The molecule has 5 nitrogen and oxygen atoms in total. The van der Waals surface area contributed by atoms with Gasteiger partial charge in [0.05, 0.1) is 19.3 Å². The second-order valence-corrected chi connectivity index (χ2v) is 7.90. The van der Waals surface area contributed by atoms with E-state index in [0.29, 0.717) is 0 Å². The smallest absolute Gasteiger partial charge is 0.334 e. The molecule has 1 atom stereocenters. The van der Waals surface area contributed by atoms with Crippen LogP contribution in [0.1, 0.15) is 44.3 Å². The van der Waals surface area contributed by atoms with Crippen LogP contribution in [0.3, 0.4) is 0 Å². The van der Waals surface area contributed by atoms with Crippen molar-refractivity contribution in [2.24, 2.45) is 5.92 Å². The molecule has 1 N–H and O–H groups in total. The number of carbonyl (C=O) groups is 1. The first kappa shape index (κ1) is 17.4. The van der Waals surface area contributed by atoms with Crippen LogP contribution in [0.5, 0.6) is 0 Å². The molecule has 2 heterocycles. The Morgan fingerprint density at radius 2 is 2.14 bits per heavy atom. The molecule has 0 saturated carbocycles. The van der Waals surface area contributed by atoms with Gasteiger partial charge in [-0.15, -0.1) is 11.3 Å². The molecule has 0 aromatic carbocycles. The molecule has 2 rings (SSSR count).